The second-order valence-corrected chi connectivity index (χ2v) is 5.97. The first-order valence-electron chi connectivity index (χ1n) is 6.23. The molecule has 0 saturated carbocycles. The Labute approximate surface area is 125 Å². The van der Waals surface area contributed by atoms with Gasteiger partial charge in [-0.2, -0.15) is 0 Å². The molecule has 0 aliphatic carbocycles. The van der Waals surface area contributed by atoms with Crippen molar-refractivity contribution in [3.8, 4) is 11.5 Å². The monoisotopic (exact) mass is 322 g/mol. The summed E-state index contributed by atoms with van der Waals surface area (Å²) >= 11 is 0. The first-order valence-corrected chi connectivity index (χ1v) is 7.71. The lowest BCUT2D eigenvalue weighted by Gasteiger charge is -2.10. The molecule has 0 aromatic heterocycles. The van der Waals surface area contributed by atoms with E-state index in [1.807, 2.05) is 0 Å². The van der Waals surface area contributed by atoms with E-state index in [-0.39, 0.29) is 17.3 Å². The Morgan fingerprint density at radius 2 is 1.90 bits per heavy atom. The van der Waals surface area contributed by atoms with Gasteiger partial charge in [0.05, 0.1) is 18.1 Å². The fraction of sp³-hybridized carbons (Fsp3) is 0.500. The number of rotatable bonds is 5. The summed E-state index contributed by atoms with van der Waals surface area (Å²) in [6, 6.07) is 4.63. The summed E-state index contributed by atoms with van der Waals surface area (Å²) in [4.78, 5) is 0.175. The Morgan fingerprint density at radius 3 is 2.60 bits per heavy atom. The summed E-state index contributed by atoms with van der Waals surface area (Å²) in [6.07, 6.45) is 1.38. The van der Waals surface area contributed by atoms with E-state index >= 15 is 0 Å². The van der Waals surface area contributed by atoms with Crippen molar-refractivity contribution in [3.05, 3.63) is 18.2 Å². The van der Waals surface area contributed by atoms with Gasteiger partial charge >= 0.3 is 0 Å². The van der Waals surface area contributed by atoms with Gasteiger partial charge in [0.2, 0.25) is 10.0 Å². The minimum Gasteiger partial charge on any atom is -0.490 e. The molecular weight excluding hydrogens is 304 g/mol. The standard InChI is InChI=1S/C12H18N2O4S.ClH/c13-5-1-6-14-19(15,16)10-3-4-11-12(9-10)18-8-2-7-17-11;/h3-4,9,14H,1-2,5-8,13H2;1H. The maximum absolute atomic E-state index is 12.0. The van der Waals surface area contributed by atoms with Crippen LogP contribution in [-0.2, 0) is 10.0 Å². The van der Waals surface area contributed by atoms with E-state index in [4.69, 9.17) is 15.2 Å². The summed E-state index contributed by atoms with van der Waals surface area (Å²) in [5.74, 6) is 1.05. The molecule has 2 rings (SSSR count). The van der Waals surface area contributed by atoms with E-state index < -0.39 is 10.0 Å². The van der Waals surface area contributed by atoms with E-state index in [0.717, 1.165) is 6.42 Å². The Hall–Kier alpha value is -1.02. The summed E-state index contributed by atoms with van der Waals surface area (Å²) in [5, 5.41) is 0. The number of nitrogens with two attached hydrogens (primary N) is 1. The van der Waals surface area contributed by atoms with Crippen LogP contribution < -0.4 is 19.9 Å². The van der Waals surface area contributed by atoms with Crippen LogP contribution >= 0.6 is 12.4 Å². The van der Waals surface area contributed by atoms with E-state index in [9.17, 15) is 8.42 Å². The van der Waals surface area contributed by atoms with Crippen molar-refractivity contribution in [1.29, 1.82) is 0 Å². The van der Waals surface area contributed by atoms with E-state index in [1.165, 1.54) is 12.1 Å². The molecule has 0 amide bonds. The van der Waals surface area contributed by atoms with Crippen molar-refractivity contribution in [3.63, 3.8) is 0 Å². The zero-order valence-corrected chi connectivity index (χ0v) is 12.6. The number of sulfonamides is 1. The molecule has 114 valence electrons. The third-order valence-electron chi connectivity index (χ3n) is 2.70. The average Bonchev–Trinajstić information content (AvgIpc) is 2.63. The molecule has 1 aromatic carbocycles. The van der Waals surface area contributed by atoms with Gasteiger partial charge in [0, 0.05) is 19.0 Å². The molecule has 1 aliphatic rings. The van der Waals surface area contributed by atoms with Crippen molar-refractivity contribution in [2.75, 3.05) is 26.3 Å². The van der Waals surface area contributed by atoms with Crippen LogP contribution in [0.15, 0.2) is 23.1 Å². The van der Waals surface area contributed by atoms with Crippen LogP contribution in [0, 0.1) is 0 Å². The lowest BCUT2D eigenvalue weighted by Crippen LogP contribution is -2.26. The SMILES string of the molecule is Cl.NCCCNS(=O)(=O)c1ccc2c(c1)OCCCO2. The van der Waals surface area contributed by atoms with Gasteiger partial charge in [0.1, 0.15) is 0 Å². The number of ether oxygens (including phenoxy) is 2. The van der Waals surface area contributed by atoms with Crippen LogP contribution in [0.5, 0.6) is 11.5 Å². The van der Waals surface area contributed by atoms with Gasteiger partial charge in [-0.05, 0) is 25.1 Å². The molecule has 8 heteroatoms. The summed E-state index contributed by atoms with van der Waals surface area (Å²) < 4.78 is 37.5. The fourth-order valence-corrected chi connectivity index (χ4v) is 2.79. The van der Waals surface area contributed by atoms with Gasteiger partial charge in [0.15, 0.2) is 11.5 Å². The quantitative estimate of drug-likeness (QED) is 0.786. The predicted molar refractivity (Wildman–Crippen MR) is 78.2 cm³/mol. The highest BCUT2D eigenvalue weighted by molar-refractivity contribution is 7.89. The molecule has 0 atom stereocenters. The smallest absolute Gasteiger partial charge is 0.240 e. The first-order chi connectivity index (χ1) is 9.13. The summed E-state index contributed by atoms with van der Waals surface area (Å²) in [6.45, 7) is 1.88. The van der Waals surface area contributed by atoms with Gasteiger partial charge in [0.25, 0.3) is 0 Å². The van der Waals surface area contributed by atoms with Crippen LogP contribution in [0.4, 0.5) is 0 Å². The van der Waals surface area contributed by atoms with Gasteiger partial charge in [-0.3, -0.25) is 0 Å². The van der Waals surface area contributed by atoms with Crippen LogP contribution in [0.2, 0.25) is 0 Å². The number of hydrogen-bond acceptors (Lipinski definition) is 5. The molecule has 1 heterocycles. The van der Waals surface area contributed by atoms with E-state index in [0.29, 0.717) is 44.2 Å². The van der Waals surface area contributed by atoms with Crippen molar-refractivity contribution in [2.24, 2.45) is 5.73 Å². The van der Waals surface area contributed by atoms with Gasteiger partial charge in [-0.25, -0.2) is 13.1 Å². The third kappa shape index (κ3) is 4.24. The van der Waals surface area contributed by atoms with E-state index in [1.54, 1.807) is 6.07 Å². The largest absolute Gasteiger partial charge is 0.490 e. The molecular formula is C12H19ClN2O4S. The maximum atomic E-state index is 12.0. The molecule has 3 N–H and O–H groups in total. The fourth-order valence-electron chi connectivity index (χ4n) is 1.70. The normalized spacial score (nSPS) is 14.2. The second-order valence-electron chi connectivity index (χ2n) is 4.20. The summed E-state index contributed by atoms with van der Waals surface area (Å²) in [7, 11) is -3.52. The predicted octanol–water partition coefficient (Wildman–Crippen LogP) is 0.897. The minimum atomic E-state index is -3.52. The van der Waals surface area contributed by atoms with Gasteiger partial charge < -0.3 is 15.2 Å². The third-order valence-corrected chi connectivity index (χ3v) is 4.16. The maximum Gasteiger partial charge on any atom is 0.240 e. The molecule has 1 aromatic rings. The molecule has 0 bridgehead atoms. The highest BCUT2D eigenvalue weighted by Crippen LogP contribution is 2.31. The number of fused-ring (bicyclic) bond motifs is 1. The molecule has 1 aliphatic heterocycles. The van der Waals surface area contributed by atoms with E-state index in [2.05, 4.69) is 4.72 Å². The number of benzene rings is 1. The Kier molecular flexibility index (Phi) is 6.54. The highest BCUT2D eigenvalue weighted by Gasteiger charge is 2.18. The van der Waals surface area contributed by atoms with Crippen molar-refractivity contribution in [1.82, 2.24) is 4.72 Å². The van der Waals surface area contributed by atoms with Gasteiger partial charge in [-0.15, -0.1) is 12.4 Å². The van der Waals surface area contributed by atoms with Crippen LogP contribution in [-0.4, -0.2) is 34.7 Å². The molecule has 6 nitrogen and oxygen atoms in total. The zero-order chi connectivity index (χ0) is 13.7. The van der Waals surface area contributed by atoms with Crippen molar-refractivity contribution >= 4 is 22.4 Å². The molecule has 0 fully saturated rings. The second kappa shape index (κ2) is 7.68. The number of nitrogens with one attached hydrogen (secondary N) is 1. The summed E-state index contributed by atoms with van der Waals surface area (Å²) in [5.41, 5.74) is 5.33. The Morgan fingerprint density at radius 1 is 1.20 bits per heavy atom. The number of halogens is 1. The zero-order valence-electron chi connectivity index (χ0n) is 11.0. The van der Waals surface area contributed by atoms with Crippen LogP contribution in [0.25, 0.3) is 0 Å². The molecule has 0 unspecified atom stereocenters. The minimum absolute atomic E-state index is 0. The average molecular weight is 323 g/mol. The Balaban J connectivity index is 0.00000200. The molecule has 20 heavy (non-hydrogen) atoms. The van der Waals surface area contributed by atoms with Crippen LogP contribution in [0.3, 0.4) is 0 Å². The molecule has 0 spiro atoms. The lowest BCUT2D eigenvalue weighted by atomic mass is 10.3. The first kappa shape index (κ1) is 17.0. The van der Waals surface area contributed by atoms with Gasteiger partial charge in [-0.1, -0.05) is 0 Å². The highest BCUT2D eigenvalue weighted by atomic mass is 35.5. The van der Waals surface area contributed by atoms with Crippen molar-refractivity contribution < 1.29 is 17.9 Å². The van der Waals surface area contributed by atoms with Crippen molar-refractivity contribution in [2.45, 2.75) is 17.7 Å². The molecule has 0 saturated heterocycles. The number of hydrogen-bond donors (Lipinski definition) is 2. The van der Waals surface area contributed by atoms with Crippen LogP contribution in [0.1, 0.15) is 12.8 Å². The lowest BCUT2D eigenvalue weighted by molar-refractivity contribution is 0.297. The Bertz CT molecular complexity index is 536. The molecule has 0 radical (unpaired) electrons. The topological polar surface area (TPSA) is 90.7 Å².